The highest BCUT2D eigenvalue weighted by Crippen LogP contribution is 2.45. The first-order valence-electron chi connectivity index (χ1n) is 21.2. The van der Waals surface area contributed by atoms with Crippen LogP contribution in [0.1, 0.15) is 107 Å². The van der Waals surface area contributed by atoms with Crippen molar-refractivity contribution in [2.24, 2.45) is 0 Å². The van der Waals surface area contributed by atoms with Crippen LogP contribution in [0.4, 0.5) is 0 Å². The van der Waals surface area contributed by atoms with Gasteiger partial charge in [-0.25, -0.2) is 0 Å². The molecule has 326 valence electrons. The highest BCUT2D eigenvalue weighted by molar-refractivity contribution is 5.01. The van der Waals surface area contributed by atoms with Crippen molar-refractivity contribution in [2.45, 2.75) is 204 Å². The number of unbranched alkanes of at least 4 members (excludes halogenated alkanes) is 7. The molecule has 4 unspecified atom stereocenters. The molecule has 0 aliphatic carbocycles. The average molecular weight is 805 g/mol. The van der Waals surface area contributed by atoms with E-state index in [0.717, 1.165) is 25.9 Å². The van der Waals surface area contributed by atoms with Crippen molar-refractivity contribution in [3.8, 4) is 0 Å². The lowest BCUT2D eigenvalue weighted by Gasteiger charge is -2.37. The summed E-state index contributed by atoms with van der Waals surface area (Å²) in [6, 6.07) is 0. The normalized spacial score (nSPS) is 37.2. The second kappa shape index (κ2) is 19.4. The molecule has 6 heterocycles. The number of fused-ring (bicyclic) bond motifs is 6. The summed E-state index contributed by atoms with van der Waals surface area (Å²) >= 11 is 0. The first-order chi connectivity index (χ1) is 26.5. The summed E-state index contributed by atoms with van der Waals surface area (Å²) in [4.78, 5) is 0. The molecule has 6 aliphatic rings. The number of hydrogen-bond acceptors (Lipinski definition) is 16. The number of hydrogen-bond donors (Lipinski definition) is 4. The van der Waals surface area contributed by atoms with Crippen LogP contribution in [0.15, 0.2) is 0 Å². The number of aliphatic hydroxyl groups is 2. The molecule has 6 rings (SSSR count). The molecule has 16 heteroatoms. The predicted molar refractivity (Wildman–Crippen MR) is 201 cm³/mol. The van der Waals surface area contributed by atoms with E-state index in [-0.39, 0.29) is 63.1 Å². The molecule has 6 aliphatic heterocycles. The van der Waals surface area contributed by atoms with E-state index in [1.54, 1.807) is 0 Å². The second-order valence-electron chi connectivity index (χ2n) is 18.0. The topological polar surface area (TPSA) is 175 Å². The van der Waals surface area contributed by atoms with Gasteiger partial charge >= 0.3 is 0 Å². The monoisotopic (exact) mass is 804 g/mol. The minimum Gasteiger partial charge on any atom is -0.389 e. The van der Waals surface area contributed by atoms with Gasteiger partial charge in [0.1, 0.15) is 48.8 Å². The summed E-state index contributed by atoms with van der Waals surface area (Å²) in [7, 11) is 0. The van der Waals surface area contributed by atoms with Crippen LogP contribution in [0.2, 0.25) is 0 Å². The summed E-state index contributed by atoms with van der Waals surface area (Å²) in [6.45, 7) is 18.6. The lowest BCUT2D eigenvalue weighted by atomic mass is 9.99. The molecule has 0 aromatic heterocycles. The van der Waals surface area contributed by atoms with E-state index in [0.29, 0.717) is 13.1 Å². The van der Waals surface area contributed by atoms with Crippen molar-refractivity contribution >= 4 is 0 Å². The third-order valence-corrected chi connectivity index (χ3v) is 10.9. The van der Waals surface area contributed by atoms with E-state index in [4.69, 9.17) is 56.8 Å². The van der Waals surface area contributed by atoms with Gasteiger partial charge in [-0.15, -0.1) is 0 Å². The lowest BCUT2D eigenvalue weighted by molar-refractivity contribution is -0.244. The van der Waals surface area contributed by atoms with E-state index in [2.05, 4.69) is 10.6 Å². The molecule has 0 aromatic carbocycles. The Morgan fingerprint density at radius 2 is 0.768 bits per heavy atom. The van der Waals surface area contributed by atoms with E-state index in [1.165, 1.54) is 38.5 Å². The van der Waals surface area contributed by atoms with Crippen LogP contribution in [-0.2, 0) is 56.8 Å². The minimum atomic E-state index is -0.763. The Morgan fingerprint density at radius 3 is 1.16 bits per heavy atom. The van der Waals surface area contributed by atoms with Crippen molar-refractivity contribution in [3.05, 3.63) is 0 Å². The van der Waals surface area contributed by atoms with E-state index in [9.17, 15) is 10.2 Å². The van der Waals surface area contributed by atoms with Crippen LogP contribution >= 0.6 is 0 Å². The first kappa shape index (κ1) is 44.9. The maximum absolute atomic E-state index is 10.5. The molecule has 0 spiro atoms. The van der Waals surface area contributed by atoms with Gasteiger partial charge in [0.2, 0.25) is 0 Å². The van der Waals surface area contributed by atoms with Crippen LogP contribution in [0.25, 0.3) is 0 Å². The molecular weight excluding hydrogens is 732 g/mol. The Hall–Kier alpha value is -0.640. The summed E-state index contributed by atoms with van der Waals surface area (Å²) in [5.74, 6) is -3.03. The standard InChI is InChI=1S/C40H72N2O14/c1-37(2)49-29-27(47-35-33(31(29)51-37)53-39(5,6)55-35)23-45-21-25(43)19-41-17-15-13-11-9-10-12-14-16-18-42-20-26(44)22-46-24-28-30-32(52-38(3,4)50-30)34-36(48-28)56-40(7,8)54-34/h25-36,41-44H,9-24H2,1-8H3/t25?,26?,27?,28?,29-,30+,31-,32+,33+,34-,35+,36-. The molecule has 0 amide bonds. The van der Waals surface area contributed by atoms with Crippen molar-refractivity contribution in [1.82, 2.24) is 10.6 Å². The van der Waals surface area contributed by atoms with Crippen LogP contribution < -0.4 is 10.6 Å². The van der Waals surface area contributed by atoms with Gasteiger partial charge in [0.25, 0.3) is 0 Å². The number of nitrogens with one attached hydrogen (secondary N) is 2. The summed E-state index contributed by atoms with van der Waals surface area (Å²) in [6.07, 6.45) is 4.20. The van der Waals surface area contributed by atoms with E-state index < -0.39 is 60.1 Å². The maximum atomic E-state index is 10.5. The zero-order valence-corrected chi connectivity index (χ0v) is 35.0. The van der Waals surface area contributed by atoms with Gasteiger partial charge in [0.05, 0.1) is 38.6 Å². The smallest absolute Gasteiger partial charge is 0.190 e. The Kier molecular flexibility index (Phi) is 15.5. The first-order valence-corrected chi connectivity index (χ1v) is 21.2. The highest BCUT2D eigenvalue weighted by atomic mass is 16.9. The number of rotatable bonds is 23. The highest BCUT2D eigenvalue weighted by Gasteiger charge is 2.62. The van der Waals surface area contributed by atoms with Crippen LogP contribution in [0.3, 0.4) is 0 Å². The second-order valence-corrected chi connectivity index (χ2v) is 18.0. The van der Waals surface area contributed by atoms with Gasteiger partial charge in [-0.2, -0.15) is 0 Å². The molecular formula is C40H72N2O14. The Bertz CT molecular complexity index is 1120. The predicted octanol–water partition coefficient (Wildman–Crippen LogP) is 2.83. The largest absolute Gasteiger partial charge is 0.389 e. The molecule has 0 bridgehead atoms. The minimum absolute atomic E-state index is 0.200. The van der Waals surface area contributed by atoms with Crippen LogP contribution in [0, 0.1) is 0 Å². The Labute approximate surface area is 333 Å². The maximum Gasteiger partial charge on any atom is 0.190 e. The molecule has 56 heavy (non-hydrogen) atoms. The molecule has 6 saturated heterocycles. The molecule has 0 saturated carbocycles. The van der Waals surface area contributed by atoms with Gasteiger partial charge < -0.3 is 77.7 Å². The van der Waals surface area contributed by atoms with Gasteiger partial charge in [0, 0.05) is 13.1 Å². The lowest BCUT2D eigenvalue weighted by Crippen LogP contribution is -2.56. The fourth-order valence-electron chi connectivity index (χ4n) is 8.51. The van der Waals surface area contributed by atoms with Gasteiger partial charge in [-0.3, -0.25) is 0 Å². The molecule has 0 aromatic rings. The summed E-state index contributed by atoms with van der Waals surface area (Å²) in [5, 5.41) is 27.6. The zero-order chi connectivity index (χ0) is 40.1. The number of aliphatic hydroxyl groups excluding tert-OH is 2. The van der Waals surface area contributed by atoms with Crippen molar-refractivity contribution in [2.75, 3.05) is 52.6 Å². The summed E-state index contributed by atoms with van der Waals surface area (Å²) in [5.41, 5.74) is 0. The molecule has 16 nitrogen and oxygen atoms in total. The summed E-state index contributed by atoms with van der Waals surface area (Å²) < 4.78 is 72.6. The van der Waals surface area contributed by atoms with E-state index >= 15 is 0 Å². The van der Waals surface area contributed by atoms with Crippen LogP contribution in [-0.4, -0.2) is 160 Å². The van der Waals surface area contributed by atoms with Crippen molar-refractivity contribution in [1.29, 1.82) is 0 Å². The third-order valence-electron chi connectivity index (χ3n) is 10.9. The fraction of sp³-hybridized carbons (Fsp3) is 1.00. The molecule has 4 N–H and O–H groups in total. The van der Waals surface area contributed by atoms with Gasteiger partial charge in [0.15, 0.2) is 35.7 Å². The molecule has 0 radical (unpaired) electrons. The van der Waals surface area contributed by atoms with E-state index in [1.807, 2.05) is 55.4 Å². The van der Waals surface area contributed by atoms with Crippen molar-refractivity contribution < 1.29 is 67.1 Å². The van der Waals surface area contributed by atoms with Gasteiger partial charge in [-0.05, 0) is 81.3 Å². The number of ether oxygens (including phenoxy) is 12. The third kappa shape index (κ3) is 12.5. The van der Waals surface area contributed by atoms with Gasteiger partial charge in [-0.1, -0.05) is 38.5 Å². The Balaban J connectivity index is 0.711. The average Bonchev–Trinajstić information content (AvgIpc) is 3.81. The van der Waals surface area contributed by atoms with Crippen molar-refractivity contribution in [3.63, 3.8) is 0 Å². The molecule has 6 fully saturated rings. The zero-order valence-electron chi connectivity index (χ0n) is 35.0. The molecule has 12 atom stereocenters. The quantitative estimate of drug-likeness (QED) is 0.111. The van der Waals surface area contributed by atoms with Crippen LogP contribution in [0.5, 0.6) is 0 Å². The Morgan fingerprint density at radius 1 is 0.446 bits per heavy atom. The SMILES string of the molecule is CC1(C)O[C@@H]2OC(COCC(O)CNCCCCCCCCCCNCC(O)COCC3O[C@@H]4OC(C)(C)O[C@@H]4[C@H]4OC(C)(C)O[C@@H]34)[C@H]3OC(C)(C)O[C@H]3[C@@H]2O1. The fourth-order valence-corrected chi connectivity index (χ4v) is 8.51.